The molecular weight excluding hydrogens is 404 g/mol. The van der Waals surface area contributed by atoms with Gasteiger partial charge in [0.15, 0.2) is 0 Å². The van der Waals surface area contributed by atoms with E-state index in [-0.39, 0.29) is 11.9 Å². The molecule has 2 amide bonds. The van der Waals surface area contributed by atoms with Crippen molar-refractivity contribution in [3.05, 3.63) is 41.5 Å². The van der Waals surface area contributed by atoms with Gasteiger partial charge in [-0.2, -0.15) is 0 Å². The fourth-order valence-electron chi connectivity index (χ4n) is 5.02. The lowest BCUT2D eigenvalue weighted by Gasteiger charge is -2.33. The van der Waals surface area contributed by atoms with Crippen molar-refractivity contribution in [3.63, 3.8) is 0 Å². The summed E-state index contributed by atoms with van der Waals surface area (Å²) >= 11 is 0. The van der Waals surface area contributed by atoms with E-state index in [9.17, 15) is 9.59 Å². The molecule has 3 heterocycles. The number of primary amides is 1. The van der Waals surface area contributed by atoms with Crippen molar-refractivity contribution in [2.75, 3.05) is 51.2 Å². The maximum absolute atomic E-state index is 13.1. The molecule has 0 radical (unpaired) electrons. The number of likely N-dealkylation sites (N-methyl/N-ethyl adjacent to an activating group) is 1. The number of benzene rings is 2. The number of nitrogens with one attached hydrogen (secondary N) is 1. The van der Waals surface area contributed by atoms with E-state index in [1.54, 1.807) is 6.07 Å². The number of piperidine rings is 1. The third-order valence-electron chi connectivity index (χ3n) is 6.83. The van der Waals surface area contributed by atoms with Crippen LogP contribution >= 0.6 is 0 Å². The summed E-state index contributed by atoms with van der Waals surface area (Å²) in [5.41, 5.74) is 15.6. The number of carbonyl (C=O) groups excluding carboxylic acids is 2. The van der Waals surface area contributed by atoms with Crippen LogP contribution in [-0.4, -0.2) is 79.0 Å². The largest absolute Gasteiger partial charge is 0.369 e. The molecule has 8 nitrogen and oxygen atoms in total. The number of nitrogens with two attached hydrogens (primary N) is 2. The van der Waals surface area contributed by atoms with Crippen molar-refractivity contribution in [3.8, 4) is 0 Å². The molecule has 0 bridgehead atoms. The van der Waals surface area contributed by atoms with Gasteiger partial charge in [0.05, 0.1) is 11.1 Å². The molecule has 5 N–H and O–H groups in total. The quantitative estimate of drug-likeness (QED) is 0.581. The molecule has 0 spiro atoms. The summed E-state index contributed by atoms with van der Waals surface area (Å²) < 4.78 is 0. The maximum atomic E-state index is 13.1. The van der Waals surface area contributed by atoms with Crippen molar-refractivity contribution in [2.24, 2.45) is 11.5 Å². The Balaban J connectivity index is 1.60. The lowest BCUT2D eigenvalue weighted by molar-refractivity contribution is 0.0664. The monoisotopic (exact) mass is 434 g/mol. The number of hydrogen-bond donors (Lipinski definition) is 3. The van der Waals surface area contributed by atoms with Gasteiger partial charge in [-0.1, -0.05) is 6.07 Å². The Morgan fingerprint density at radius 1 is 1.06 bits per heavy atom. The molecule has 3 aromatic rings. The molecule has 168 valence electrons. The average Bonchev–Trinajstić information content (AvgIpc) is 3.17. The number of rotatable bonds is 3. The zero-order chi connectivity index (χ0) is 22.4. The van der Waals surface area contributed by atoms with E-state index in [4.69, 9.17) is 11.5 Å². The van der Waals surface area contributed by atoms with E-state index in [0.717, 1.165) is 74.1 Å². The number of amides is 2. The van der Waals surface area contributed by atoms with Gasteiger partial charge in [-0.3, -0.25) is 9.59 Å². The average molecular weight is 435 g/mol. The van der Waals surface area contributed by atoms with Crippen LogP contribution in [0.5, 0.6) is 0 Å². The van der Waals surface area contributed by atoms with Gasteiger partial charge < -0.3 is 31.2 Å². The predicted octanol–water partition coefficient (Wildman–Crippen LogP) is 1.74. The van der Waals surface area contributed by atoms with Crippen LogP contribution in [-0.2, 0) is 0 Å². The Kier molecular flexibility index (Phi) is 5.27. The third kappa shape index (κ3) is 3.59. The minimum absolute atomic E-state index is 0.0380. The van der Waals surface area contributed by atoms with Crippen LogP contribution in [0, 0.1) is 0 Å². The predicted molar refractivity (Wildman–Crippen MR) is 127 cm³/mol. The maximum Gasteiger partial charge on any atom is 0.254 e. The number of anilines is 1. The molecule has 0 saturated carbocycles. The van der Waals surface area contributed by atoms with Crippen LogP contribution in [0.25, 0.3) is 21.8 Å². The van der Waals surface area contributed by atoms with Crippen molar-refractivity contribution < 1.29 is 9.59 Å². The summed E-state index contributed by atoms with van der Waals surface area (Å²) in [7, 11) is 2.07. The molecule has 2 fully saturated rings. The number of piperazine rings is 1. The van der Waals surface area contributed by atoms with Gasteiger partial charge >= 0.3 is 0 Å². The van der Waals surface area contributed by atoms with E-state index >= 15 is 0 Å². The van der Waals surface area contributed by atoms with Gasteiger partial charge in [0.25, 0.3) is 11.8 Å². The van der Waals surface area contributed by atoms with Crippen LogP contribution in [0.3, 0.4) is 0 Å². The Morgan fingerprint density at radius 3 is 2.56 bits per heavy atom. The minimum Gasteiger partial charge on any atom is -0.369 e. The van der Waals surface area contributed by atoms with E-state index in [2.05, 4.69) is 21.8 Å². The van der Waals surface area contributed by atoms with Gasteiger partial charge in [0, 0.05) is 72.9 Å². The first kappa shape index (κ1) is 20.8. The highest BCUT2D eigenvalue weighted by Gasteiger charge is 2.24. The van der Waals surface area contributed by atoms with Gasteiger partial charge in [0.2, 0.25) is 0 Å². The molecule has 2 aliphatic heterocycles. The van der Waals surface area contributed by atoms with Gasteiger partial charge in [-0.05, 0) is 44.2 Å². The standard InChI is InChI=1S/C24H30N6O2/c1-28-9-11-29(12-10-28)24(32)15-4-5-17-19(13-15)27-22-18(23(26)31)6-7-20(21(17)22)30-8-2-3-16(25)14-30/h4-7,13,16,27H,2-3,8-12,14,25H2,1H3,(H2,26,31). The number of nitrogens with zero attached hydrogens (tertiary/aromatic N) is 3. The van der Waals surface area contributed by atoms with Crippen LogP contribution in [0.15, 0.2) is 30.3 Å². The smallest absolute Gasteiger partial charge is 0.254 e. The molecule has 2 aromatic carbocycles. The van der Waals surface area contributed by atoms with Crippen LogP contribution in [0.1, 0.15) is 33.6 Å². The summed E-state index contributed by atoms with van der Waals surface area (Å²) in [5.74, 6) is -0.437. The third-order valence-corrected chi connectivity index (χ3v) is 6.83. The molecule has 1 unspecified atom stereocenters. The molecular formula is C24H30N6O2. The normalized spacial score (nSPS) is 20.2. The first-order valence-corrected chi connectivity index (χ1v) is 11.3. The number of aromatic nitrogens is 1. The summed E-state index contributed by atoms with van der Waals surface area (Å²) in [6, 6.07) is 9.65. The number of H-pyrrole nitrogens is 1. The molecule has 32 heavy (non-hydrogen) atoms. The van der Waals surface area contributed by atoms with Gasteiger partial charge in [-0.15, -0.1) is 0 Å². The number of aromatic amines is 1. The summed E-state index contributed by atoms with van der Waals surface area (Å²) in [5, 5.41) is 1.94. The van der Waals surface area contributed by atoms with Crippen LogP contribution in [0.4, 0.5) is 5.69 Å². The lowest BCUT2D eigenvalue weighted by atomic mass is 10.0. The second kappa shape index (κ2) is 8.11. The Labute approximate surface area is 187 Å². The Bertz CT molecular complexity index is 1190. The highest BCUT2D eigenvalue weighted by atomic mass is 16.2. The molecule has 0 aliphatic carbocycles. The van der Waals surface area contributed by atoms with E-state index < -0.39 is 5.91 Å². The van der Waals surface area contributed by atoms with Crippen LogP contribution < -0.4 is 16.4 Å². The fourth-order valence-corrected chi connectivity index (χ4v) is 5.02. The van der Waals surface area contributed by atoms with Crippen LogP contribution in [0.2, 0.25) is 0 Å². The summed E-state index contributed by atoms with van der Waals surface area (Å²) in [6.45, 7) is 4.91. The lowest BCUT2D eigenvalue weighted by Crippen LogP contribution is -2.47. The molecule has 2 saturated heterocycles. The fraction of sp³-hybridized carbons (Fsp3) is 0.417. The second-order valence-electron chi connectivity index (χ2n) is 9.08. The molecule has 2 aliphatic rings. The molecule has 5 rings (SSSR count). The molecule has 8 heteroatoms. The van der Waals surface area contributed by atoms with Gasteiger partial charge in [0.1, 0.15) is 0 Å². The van der Waals surface area contributed by atoms with Crippen molar-refractivity contribution in [1.29, 1.82) is 0 Å². The highest BCUT2D eigenvalue weighted by Crippen LogP contribution is 2.37. The van der Waals surface area contributed by atoms with E-state index in [0.29, 0.717) is 16.6 Å². The first-order valence-electron chi connectivity index (χ1n) is 11.3. The highest BCUT2D eigenvalue weighted by molar-refractivity contribution is 6.20. The number of carbonyl (C=O) groups is 2. The Hall–Kier alpha value is -3.10. The van der Waals surface area contributed by atoms with Crippen molar-refractivity contribution >= 4 is 39.3 Å². The number of fused-ring (bicyclic) bond motifs is 3. The Morgan fingerprint density at radius 2 is 1.84 bits per heavy atom. The second-order valence-corrected chi connectivity index (χ2v) is 9.08. The zero-order valence-corrected chi connectivity index (χ0v) is 18.4. The zero-order valence-electron chi connectivity index (χ0n) is 18.4. The van der Waals surface area contributed by atoms with E-state index in [1.165, 1.54) is 0 Å². The molecule has 1 atom stereocenters. The summed E-state index contributed by atoms with van der Waals surface area (Å²) in [6.07, 6.45) is 2.05. The molecule has 1 aromatic heterocycles. The summed E-state index contributed by atoms with van der Waals surface area (Å²) in [4.78, 5) is 35.0. The topological polar surface area (TPSA) is 112 Å². The SMILES string of the molecule is CN1CCN(C(=O)c2ccc3c(c2)[nH]c2c(C(N)=O)ccc(N4CCCC(N)C4)c23)CC1. The number of hydrogen-bond acceptors (Lipinski definition) is 5. The van der Waals surface area contributed by atoms with Crippen molar-refractivity contribution in [1.82, 2.24) is 14.8 Å². The first-order chi connectivity index (χ1) is 15.4. The van der Waals surface area contributed by atoms with Gasteiger partial charge in [-0.25, -0.2) is 0 Å². The minimum atomic E-state index is -0.475. The van der Waals surface area contributed by atoms with E-state index in [1.807, 2.05) is 29.2 Å². The van der Waals surface area contributed by atoms with Crippen molar-refractivity contribution in [2.45, 2.75) is 18.9 Å².